The van der Waals surface area contributed by atoms with Crippen molar-refractivity contribution >= 4 is 23.8 Å². The number of carbonyl (C=O) groups excluding carboxylic acids is 4. The summed E-state index contributed by atoms with van der Waals surface area (Å²) in [4.78, 5) is 55.1. The highest BCUT2D eigenvalue weighted by Gasteiger charge is 2.94. The van der Waals surface area contributed by atoms with Crippen LogP contribution in [-0.4, -0.2) is 63.9 Å². The van der Waals surface area contributed by atoms with E-state index >= 15 is 0 Å². The molecule has 9 nitrogen and oxygen atoms in total. The van der Waals surface area contributed by atoms with E-state index in [1.165, 1.54) is 4.90 Å². The van der Waals surface area contributed by atoms with Gasteiger partial charge in [0.25, 0.3) is 5.91 Å². The second-order valence-electron chi connectivity index (χ2n) is 11.5. The van der Waals surface area contributed by atoms with Crippen LogP contribution in [0.15, 0.2) is 30.3 Å². The minimum atomic E-state index is -1.72. The Morgan fingerprint density at radius 1 is 1.11 bits per heavy atom. The number of hydrogen-bond acceptors (Lipinski definition) is 8. The number of esters is 3. The molecule has 186 valence electrons. The smallest absolute Gasteiger partial charge is 0.338 e. The van der Waals surface area contributed by atoms with Crippen LogP contribution in [0, 0.1) is 16.2 Å². The van der Waals surface area contributed by atoms with Gasteiger partial charge in [-0.15, -0.1) is 0 Å². The van der Waals surface area contributed by atoms with Gasteiger partial charge in [-0.3, -0.25) is 19.3 Å². The number of benzene rings is 1. The Morgan fingerprint density at radius 3 is 2.40 bits per heavy atom. The molecule has 1 aromatic carbocycles. The average molecular weight is 484 g/mol. The molecular formula is C26H29NO8. The van der Waals surface area contributed by atoms with Gasteiger partial charge in [-0.05, 0) is 36.8 Å². The maximum Gasteiger partial charge on any atom is 0.338 e. The van der Waals surface area contributed by atoms with E-state index in [-0.39, 0.29) is 24.4 Å². The third kappa shape index (κ3) is 2.42. The fourth-order valence-corrected chi connectivity index (χ4v) is 7.33. The number of nitrogens with zero attached hydrogens (tertiary/aromatic N) is 1. The zero-order chi connectivity index (χ0) is 25.0. The van der Waals surface area contributed by atoms with Crippen LogP contribution in [0.2, 0.25) is 0 Å². The molecular weight excluding hydrogens is 454 g/mol. The predicted molar refractivity (Wildman–Crippen MR) is 118 cm³/mol. The van der Waals surface area contributed by atoms with Gasteiger partial charge >= 0.3 is 17.9 Å². The summed E-state index contributed by atoms with van der Waals surface area (Å²) in [5, 5.41) is 12.5. The first-order valence-electron chi connectivity index (χ1n) is 12.2. The highest BCUT2D eigenvalue weighted by atomic mass is 16.6. The van der Waals surface area contributed by atoms with Gasteiger partial charge in [-0.1, -0.05) is 39.0 Å². The molecule has 3 saturated heterocycles. The minimum Gasteiger partial charge on any atom is -0.461 e. The number of carbonyl (C=O) groups is 4. The molecule has 2 saturated carbocycles. The summed E-state index contributed by atoms with van der Waals surface area (Å²) < 4.78 is 17.5. The van der Waals surface area contributed by atoms with E-state index < -0.39 is 64.1 Å². The number of ether oxygens (including phenoxy) is 3. The van der Waals surface area contributed by atoms with E-state index in [4.69, 9.17) is 14.2 Å². The van der Waals surface area contributed by atoms with Crippen LogP contribution in [0.5, 0.6) is 0 Å². The van der Waals surface area contributed by atoms with E-state index in [1.807, 2.05) is 20.8 Å². The van der Waals surface area contributed by atoms with Crippen LogP contribution in [0.25, 0.3) is 0 Å². The summed E-state index contributed by atoms with van der Waals surface area (Å²) in [7, 11) is 0. The third-order valence-electron chi connectivity index (χ3n) is 9.21. The van der Waals surface area contributed by atoms with Crippen molar-refractivity contribution in [2.24, 2.45) is 16.2 Å². The Hall–Kier alpha value is -2.94. The van der Waals surface area contributed by atoms with E-state index in [2.05, 4.69) is 0 Å². The van der Waals surface area contributed by atoms with E-state index in [9.17, 15) is 24.3 Å². The Balaban J connectivity index is 1.58. The number of likely N-dealkylation sites (tertiary alicyclic amines) is 1. The van der Waals surface area contributed by atoms with E-state index in [1.54, 1.807) is 30.3 Å². The van der Waals surface area contributed by atoms with Crippen LogP contribution in [-0.2, 0) is 28.6 Å². The third-order valence-corrected chi connectivity index (χ3v) is 9.21. The first-order valence-corrected chi connectivity index (χ1v) is 12.2. The molecule has 0 bridgehead atoms. The van der Waals surface area contributed by atoms with Gasteiger partial charge in [0.15, 0.2) is 12.3 Å². The molecule has 2 spiro atoms. The van der Waals surface area contributed by atoms with Gasteiger partial charge in [0.1, 0.15) is 16.9 Å². The molecule has 35 heavy (non-hydrogen) atoms. The topological polar surface area (TPSA) is 119 Å². The van der Waals surface area contributed by atoms with Crippen molar-refractivity contribution in [1.82, 2.24) is 4.90 Å². The zero-order valence-corrected chi connectivity index (χ0v) is 20.0. The first-order chi connectivity index (χ1) is 16.5. The molecule has 0 unspecified atom stereocenters. The predicted octanol–water partition coefficient (Wildman–Crippen LogP) is 1.96. The standard InChI is InChI=1S/C26H29NO8/c1-23(2,3)25(32)12-16-24(13-17(28)33-16)22(31)35-21-26(24,25)18(19(29)27(21)15-10-7-11-15)34-20(30)14-8-5-4-6-9-14/h4-6,8-9,15-16,18,21,32H,7,10-13H2,1-3H3/t16-,18-,21-,24-,25+,26+/m0/s1. The Kier molecular flexibility index (Phi) is 4.40. The number of hydrogen-bond donors (Lipinski definition) is 1. The van der Waals surface area contributed by atoms with Crippen LogP contribution in [0.3, 0.4) is 0 Å². The van der Waals surface area contributed by atoms with Crippen molar-refractivity contribution in [3.63, 3.8) is 0 Å². The molecule has 1 N–H and O–H groups in total. The molecule has 6 atom stereocenters. The lowest BCUT2D eigenvalue weighted by molar-refractivity contribution is -0.214. The maximum atomic E-state index is 14.1. The molecule has 1 aromatic rings. The molecule has 0 aromatic heterocycles. The van der Waals surface area contributed by atoms with Crippen LogP contribution < -0.4 is 0 Å². The first kappa shape index (κ1) is 22.5. The average Bonchev–Trinajstić information content (AvgIpc) is 3.36. The summed E-state index contributed by atoms with van der Waals surface area (Å²) in [6.07, 6.45) is -1.71. The fourth-order valence-electron chi connectivity index (χ4n) is 7.33. The van der Waals surface area contributed by atoms with Crippen LogP contribution in [0.1, 0.15) is 63.2 Å². The van der Waals surface area contributed by atoms with Gasteiger partial charge in [-0.25, -0.2) is 4.79 Å². The molecule has 3 aliphatic heterocycles. The molecule has 6 rings (SSSR count). The van der Waals surface area contributed by atoms with Crippen LogP contribution in [0.4, 0.5) is 0 Å². The van der Waals surface area contributed by atoms with Crippen molar-refractivity contribution < 1.29 is 38.5 Å². The van der Waals surface area contributed by atoms with Gasteiger partial charge in [0.2, 0.25) is 0 Å². The molecule has 3 heterocycles. The minimum absolute atomic E-state index is 0.0565. The molecule has 9 heteroatoms. The SMILES string of the molecule is CC(C)(C)[C@]1(O)C[C@@H]2OC(=O)C[C@@]23C(=O)O[C@@H]2N(C4CCC4)C(=O)[C@H](OC(=O)c4ccccc4)[C@]213. The normalized spacial score (nSPS) is 40.1. The molecule has 1 amide bonds. The summed E-state index contributed by atoms with van der Waals surface area (Å²) in [6, 6.07) is 8.06. The lowest BCUT2D eigenvalue weighted by atomic mass is 9.52. The van der Waals surface area contributed by atoms with Crippen molar-refractivity contribution in [2.45, 2.75) is 83.0 Å². The number of aliphatic hydroxyl groups is 1. The van der Waals surface area contributed by atoms with Crippen LogP contribution >= 0.6 is 0 Å². The van der Waals surface area contributed by atoms with Crippen molar-refractivity contribution in [2.75, 3.05) is 0 Å². The van der Waals surface area contributed by atoms with Crippen molar-refractivity contribution in [1.29, 1.82) is 0 Å². The Bertz CT molecular complexity index is 1140. The number of amides is 1. The van der Waals surface area contributed by atoms with Gasteiger partial charge < -0.3 is 19.3 Å². The van der Waals surface area contributed by atoms with Crippen molar-refractivity contribution in [3.8, 4) is 0 Å². The zero-order valence-electron chi connectivity index (χ0n) is 20.0. The lowest BCUT2D eigenvalue weighted by Crippen LogP contribution is -2.66. The van der Waals surface area contributed by atoms with E-state index in [0.29, 0.717) is 0 Å². The van der Waals surface area contributed by atoms with Gasteiger partial charge in [-0.2, -0.15) is 0 Å². The summed E-state index contributed by atoms with van der Waals surface area (Å²) in [5.41, 5.74) is -5.70. The van der Waals surface area contributed by atoms with Crippen molar-refractivity contribution in [3.05, 3.63) is 35.9 Å². The molecule has 0 radical (unpaired) electrons. The van der Waals surface area contributed by atoms with Gasteiger partial charge in [0.05, 0.1) is 17.6 Å². The maximum absolute atomic E-state index is 14.1. The quantitative estimate of drug-likeness (QED) is 0.512. The molecule has 5 aliphatic rings. The molecule has 5 fully saturated rings. The second-order valence-corrected chi connectivity index (χ2v) is 11.5. The Morgan fingerprint density at radius 2 is 1.80 bits per heavy atom. The summed E-state index contributed by atoms with van der Waals surface area (Å²) in [6.45, 7) is 5.43. The van der Waals surface area contributed by atoms with Gasteiger partial charge in [0, 0.05) is 12.5 Å². The monoisotopic (exact) mass is 483 g/mol. The summed E-state index contributed by atoms with van der Waals surface area (Å²) >= 11 is 0. The Labute approximate surface area is 202 Å². The van der Waals surface area contributed by atoms with E-state index in [0.717, 1.165) is 19.3 Å². The largest absolute Gasteiger partial charge is 0.461 e. The summed E-state index contributed by atoms with van der Waals surface area (Å²) in [5.74, 6) is -2.52. The fraction of sp³-hybridized carbons (Fsp3) is 0.615. The highest BCUT2D eigenvalue weighted by molar-refractivity contribution is 5.99. The number of rotatable bonds is 3. The lowest BCUT2D eigenvalue weighted by Gasteiger charge is -2.52. The molecule has 2 aliphatic carbocycles. The highest BCUT2D eigenvalue weighted by Crippen LogP contribution is 2.76. The second kappa shape index (κ2) is 6.84.